The molecular weight excluding hydrogens is 496 g/mol. The Kier molecular flexibility index (Phi) is 7.85. The predicted octanol–water partition coefficient (Wildman–Crippen LogP) is 5.56. The zero-order valence-electron chi connectivity index (χ0n) is 23.0. The van der Waals surface area contributed by atoms with E-state index in [0.717, 1.165) is 48.9 Å². The molecule has 1 saturated heterocycles. The van der Waals surface area contributed by atoms with Crippen LogP contribution >= 0.6 is 11.3 Å². The Labute approximate surface area is 229 Å². The van der Waals surface area contributed by atoms with Crippen LogP contribution in [0, 0.1) is 6.92 Å². The molecule has 1 fully saturated rings. The highest BCUT2D eigenvalue weighted by Crippen LogP contribution is 2.39. The van der Waals surface area contributed by atoms with Crippen LogP contribution in [-0.4, -0.2) is 60.6 Å². The molecule has 9 heteroatoms. The number of aromatic nitrogens is 2. The topological polar surface area (TPSA) is 73.8 Å². The Balaban J connectivity index is 1.46. The molecule has 1 atom stereocenters. The van der Waals surface area contributed by atoms with Crippen molar-refractivity contribution in [1.82, 2.24) is 14.9 Å². The van der Waals surface area contributed by atoms with Gasteiger partial charge >= 0.3 is 0 Å². The molecule has 1 N–H and O–H groups in total. The Bertz CT molecular complexity index is 1290. The zero-order chi connectivity index (χ0) is 26.8. The molecule has 0 bridgehead atoms. The van der Waals surface area contributed by atoms with Gasteiger partial charge in [0.25, 0.3) is 0 Å². The molecule has 2 aliphatic rings. The molecule has 5 rings (SSSR count). The number of ether oxygens (including phenoxy) is 1. The molecule has 38 heavy (non-hydrogen) atoms. The number of anilines is 4. The summed E-state index contributed by atoms with van der Waals surface area (Å²) in [6.45, 7) is 9.63. The largest absolute Gasteiger partial charge is 0.492 e. The maximum absolute atomic E-state index is 13.2. The van der Waals surface area contributed by atoms with Gasteiger partial charge < -0.3 is 24.8 Å². The minimum Gasteiger partial charge on any atom is -0.492 e. The fraction of sp³-hybridized carbons (Fsp3) is 0.483. The number of fused-ring (bicyclic) bond motifs is 1. The average molecular weight is 535 g/mol. The molecular formula is C29H38N6O2S. The standard InChI is InChI=1S/C29H38N6O2S/c1-6-23-28(36)34(5)24-17-30-29(32-27(24)35(23)18-26-19(3)12-15-38-26)31-22-9-8-21(16-25(22)37-7-2)20-10-13-33(4)14-11-20/h8-9,12,15-17,20,23H,6-7,10-11,13-14,18H2,1-5H3,(H,30,31,32)/t23-/m1/s1. The van der Waals surface area contributed by atoms with E-state index in [4.69, 9.17) is 9.72 Å². The third-order valence-electron chi connectivity index (χ3n) is 7.79. The van der Waals surface area contributed by atoms with Crippen molar-refractivity contribution in [3.8, 4) is 5.75 Å². The molecule has 202 valence electrons. The lowest BCUT2D eigenvalue weighted by Crippen LogP contribution is -2.52. The van der Waals surface area contributed by atoms with E-state index in [1.165, 1.54) is 16.0 Å². The average Bonchev–Trinajstić information content (AvgIpc) is 3.33. The first kappa shape index (κ1) is 26.4. The van der Waals surface area contributed by atoms with Gasteiger partial charge in [-0.1, -0.05) is 13.0 Å². The maximum atomic E-state index is 13.2. The van der Waals surface area contributed by atoms with E-state index in [1.54, 1.807) is 22.4 Å². The van der Waals surface area contributed by atoms with Crippen molar-refractivity contribution in [3.05, 3.63) is 51.8 Å². The predicted molar refractivity (Wildman–Crippen MR) is 155 cm³/mol. The quantitative estimate of drug-likeness (QED) is 0.406. The number of likely N-dealkylation sites (N-methyl/N-ethyl adjacent to an activating group) is 1. The van der Waals surface area contributed by atoms with Crippen molar-refractivity contribution in [2.75, 3.05) is 48.9 Å². The van der Waals surface area contributed by atoms with Gasteiger partial charge in [0.2, 0.25) is 11.9 Å². The molecule has 2 aromatic heterocycles. The smallest absolute Gasteiger partial charge is 0.249 e. The number of nitrogens with one attached hydrogen (secondary N) is 1. The number of aryl methyl sites for hydroxylation is 1. The van der Waals surface area contributed by atoms with Crippen LogP contribution in [0.2, 0.25) is 0 Å². The zero-order valence-corrected chi connectivity index (χ0v) is 23.8. The molecule has 0 spiro atoms. The summed E-state index contributed by atoms with van der Waals surface area (Å²) in [5, 5.41) is 5.51. The van der Waals surface area contributed by atoms with Crippen molar-refractivity contribution in [2.24, 2.45) is 0 Å². The number of benzene rings is 1. The lowest BCUT2D eigenvalue weighted by Gasteiger charge is -2.40. The van der Waals surface area contributed by atoms with E-state index >= 15 is 0 Å². The second-order valence-corrected chi connectivity index (χ2v) is 11.3. The van der Waals surface area contributed by atoms with Gasteiger partial charge in [0, 0.05) is 11.9 Å². The van der Waals surface area contributed by atoms with Crippen molar-refractivity contribution in [3.63, 3.8) is 0 Å². The number of hydrogen-bond donors (Lipinski definition) is 1. The maximum Gasteiger partial charge on any atom is 0.249 e. The van der Waals surface area contributed by atoms with Crippen molar-refractivity contribution in [2.45, 2.75) is 58.5 Å². The Morgan fingerprint density at radius 1 is 1.16 bits per heavy atom. The lowest BCUT2D eigenvalue weighted by molar-refractivity contribution is -0.120. The number of carbonyl (C=O) groups excluding carboxylic acids is 1. The van der Waals surface area contributed by atoms with E-state index in [-0.39, 0.29) is 11.9 Å². The van der Waals surface area contributed by atoms with Gasteiger partial charge in [-0.2, -0.15) is 4.98 Å². The molecule has 0 aliphatic carbocycles. The summed E-state index contributed by atoms with van der Waals surface area (Å²) < 4.78 is 6.05. The van der Waals surface area contributed by atoms with E-state index in [1.807, 2.05) is 14.0 Å². The van der Waals surface area contributed by atoms with Crippen molar-refractivity contribution < 1.29 is 9.53 Å². The van der Waals surface area contributed by atoms with Crippen LogP contribution in [0.5, 0.6) is 5.75 Å². The van der Waals surface area contributed by atoms with Crippen LogP contribution < -0.4 is 19.9 Å². The van der Waals surface area contributed by atoms with E-state index in [2.05, 4.69) is 70.6 Å². The number of piperidine rings is 1. The van der Waals surface area contributed by atoms with Crippen molar-refractivity contribution in [1.29, 1.82) is 0 Å². The van der Waals surface area contributed by atoms with Crippen LogP contribution in [0.15, 0.2) is 35.8 Å². The van der Waals surface area contributed by atoms with Gasteiger partial charge in [0.05, 0.1) is 25.0 Å². The van der Waals surface area contributed by atoms with Crippen LogP contribution in [-0.2, 0) is 11.3 Å². The van der Waals surface area contributed by atoms with Crippen LogP contribution in [0.4, 0.5) is 23.1 Å². The number of carbonyl (C=O) groups is 1. The number of amides is 1. The summed E-state index contributed by atoms with van der Waals surface area (Å²) in [6, 6.07) is 8.30. The molecule has 8 nitrogen and oxygen atoms in total. The third-order valence-corrected chi connectivity index (χ3v) is 8.79. The normalized spacial score (nSPS) is 18.6. The number of thiophene rings is 1. The Hall–Kier alpha value is -3.17. The molecule has 4 heterocycles. The lowest BCUT2D eigenvalue weighted by atomic mass is 9.89. The van der Waals surface area contributed by atoms with Crippen LogP contribution in [0.3, 0.4) is 0 Å². The SMILES string of the molecule is CCOc1cc(C2CCN(C)CC2)ccc1Nc1ncc2c(n1)N(Cc1sccc1C)[C@H](CC)C(=O)N2C. The van der Waals surface area contributed by atoms with Gasteiger partial charge in [0.1, 0.15) is 17.5 Å². The highest BCUT2D eigenvalue weighted by atomic mass is 32.1. The number of nitrogens with zero attached hydrogens (tertiary/aromatic N) is 5. The summed E-state index contributed by atoms with van der Waals surface area (Å²) in [6.07, 6.45) is 4.77. The summed E-state index contributed by atoms with van der Waals surface area (Å²) in [5.41, 5.74) is 4.12. The highest BCUT2D eigenvalue weighted by Gasteiger charge is 2.37. The second kappa shape index (κ2) is 11.3. The molecule has 0 saturated carbocycles. The fourth-order valence-electron chi connectivity index (χ4n) is 5.43. The van der Waals surface area contributed by atoms with E-state index < -0.39 is 0 Å². The first-order valence-corrected chi connectivity index (χ1v) is 14.4. The number of hydrogen-bond acceptors (Lipinski definition) is 8. The summed E-state index contributed by atoms with van der Waals surface area (Å²) >= 11 is 1.71. The minimum absolute atomic E-state index is 0.0710. The second-order valence-electron chi connectivity index (χ2n) is 10.3. The van der Waals surface area contributed by atoms with Gasteiger partial charge in [-0.15, -0.1) is 11.3 Å². The van der Waals surface area contributed by atoms with Crippen LogP contribution in [0.1, 0.15) is 55.0 Å². The first-order valence-electron chi connectivity index (χ1n) is 13.6. The van der Waals surface area contributed by atoms with Crippen molar-refractivity contribution >= 4 is 40.4 Å². The number of rotatable bonds is 8. The number of likely N-dealkylation sites (tertiary alicyclic amines) is 1. The monoisotopic (exact) mass is 534 g/mol. The summed E-state index contributed by atoms with van der Waals surface area (Å²) in [5.74, 6) is 2.69. The summed E-state index contributed by atoms with van der Waals surface area (Å²) in [4.78, 5) is 30.2. The fourth-order valence-corrected chi connectivity index (χ4v) is 6.34. The minimum atomic E-state index is -0.274. The first-order chi connectivity index (χ1) is 18.4. The Morgan fingerprint density at radius 3 is 2.63 bits per heavy atom. The molecule has 0 unspecified atom stereocenters. The Morgan fingerprint density at radius 2 is 1.95 bits per heavy atom. The molecule has 2 aliphatic heterocycles. The van der Waals surface area contributed by atoms with Gasteiger partial charge in [0.15, 0.2) is 5.82 Å². The van der Waals surface area contributed by atoms with Gasteiger partial charge in [-0.05, 0) is 93.9 Å². The van der Waals surface area contributed by atoms with Crippen LogP contribution in [0.25, 0.3) is 0 Å². The molecule has 3 aromatic rings. The molecule has 1 amide bonds. The molecule has 1 aromatic carbocycles. The highest BCUT2D eigenvalue weighted by molar-refractivity contribution is 7.10. The molecule has 0 radical (unpaired) electrons. The van der Waals surface area contributed by atoms with Gasteiger partial charge in [-0.25, -0.2) is 4.98 Å². The third kappa shape index (κ3) is 5.22. The van der Waals surface area contributed by atoms with E-state index in [9.17, 15) is 4.79 Å². The van der Waals surface area contributed by atoms with E-state index in [0.29, 0.717) is 31.4 Å². The summed E-state index contributed by atoms with van der Waals surface area (Å²) in [7, 11) is 4.00. The van der Waals surface area contributed by atoms with Gasteiger partial charge in [-0.3, -0.25) is 4.79 Å².